The molecular formula is C19H26N2O4. The molecule has 1 aromatic rings. The third-order valence-electron chi connectivity index (χ3n) is 4.41. The first kappa shape index (κ1) is 19.0. The maximum absolute atomic E-state index is 12.1. The van der Waals surface area contributed by atoms with Crippen LogP contribution in [-0.4, -0.2) is 42.4 Å². The number of benzene rings is 1. The van der Waals surface area contributed by atoms with E-state index < -0.39 is 5.97 Å². The molecule has 1 fully saturated rings. The zero-order valence-corrected chi connectivity index (χ0v) is 14.9. The SMILES string of the molecule is CC(C)Cc1ccc(C(=O)OCC(=O)N2CCC(C(N)=O)CC2)cc1. The number of piperidine rings is 1. The van der Waals surface area contributed by atoms with Crippen molar-refractivity contribution in [2.45, 2.75) is 33.1 Å². The molecule has 6 nitrogen and oxygen atoms in total. The number of nitrogens with two attached hydrogens (primary N) is 1. The number of ether oxygens (including phenoxy) is 1. The highest BCUT2D eigenvalue weighted by molar-refractivity contribution is 5.91. The van der Waals surface area contributed by atoms with Crippen molar-refractivity contribution in [2.75, 3.05) is 19.7 Å². The monoisotopic (exact) mass is 346 g/mol. The average molecular weight is 346 g/mol. The Morgan fingerprint density at radius 1 is 1.16 bits per heavy atom. The van der Waals surface area contributed by atoms with E-state index in [0.29, 0.717) is 37.4 Å². The zero-order valence-electron chi connectivity index (χ0n) is 14.9. The smallest absolute Gasteiger partial charge is 0.338 e. The van der Waals surface area contributed by atoms with Gasteiger partial charge in [-0.1, -0.05) is 26.0 Å². The number of nitrogens with zero attached hydrogens (tertiary/aromatic N) is 1. The molecule has 0 saturated carbocycles. The molecule has 1 aliphatic heterocycles. The largest absolute Gasteiger partial charge is 0.452 e. The molecule has 1 aliphatic rings. The van der Waals surface area contributed by atoms with Crippen molar-refractivity contribution in [3.05, 3.63) is 35.4 Å². The van der Waals surface area contributed by atoms with E-state index >= 15 is 0 Å². The molecule has 1 aromatic carbocycles. The van der Waals surface area contributed by atoms with Crippen LogP contribution in [0.5, 0.6) is 0 Å². The maximum Gasteiger partial charge on any atom is 0.338 e. The minimum Gasteiger partial charge on any atom is -0.452 e. The van der Waals surface area contributed by atoms with Crippen molar-refractivity contribution in [3.63, 3.8) is 0 Å². The molecular weight excluding hydrogens is 320 g/mol. The summed E-state index contributed by atoms with van der Waals surface area (Å²) in [6.07, 6.45) is 2.08. The van der Waals surface area contributed by atoms with Crippen LogP contribution >= 0.6 is 0 Å². The van der Waals surface area contributed by atoms with Crippen molar-refractivity contribution in [3.8, 4) is 0 Å². The summed E-state index contributed by atoms with van der Waals surface area (Å²) in [5.74, 6) is -0.686. The molecule has 1 saturated heterocycles. The van der Waals surface area contributed by atoms with E-state index in [2.05, 4.69) is 13.8 Å². The fourth-order valence-corrected chi connectivity index (χ4v) is 2.96. The van der Waals surface area contributed by atoms with Gasteiger partial charge in [0.2, 0.25) is 5.91 Å². The van der Waals surface area contributed by atoms with Crippen LogP contribution in [0.15, 0.2) is 24.3 Å². The molecule has 6 heteroatoms. The second-order valence-electron chi connectivity index (χ2n) is 6.93. The number of esters is 1. The number of primary amides is 1. The number of hydrogen-bond donors (Lipinski definition) is 1. The number of hydrogen-bond acceptors (Lipinski definition) is 4. The Kier molecular flexibility index (Phi) is 6.56. The van der Waals surface area contributed by atoms with Gasteiger partial charge in [0.1, 0.15) is 0 Å². The van der Waals surface area contributed by atoms with E-state index in [9.17, 15) is 14.4 Å². The lowest BCUT2D eigenvalue weighted by molar-refractivity contribution is -0.137. The summed E-state index contributed by atoms with van der Waals surface area (Å²) >= 11 is 0. The Morgan fingerprint density at radius 2 is 1.76 bits per heavy atom. The second-order valence-corrected chi connectivity index (χ2v) is 6.93. The Hall–Kier alpha value is -2.37. The molecule has 2 rings (SSSR count). The van der Waals surface area contributed by atoms with E-state index in [0.717, 1.165) is 6.42 Å². The summed E-state index contributed by atoms with van der Waals surface area (Å²) < 4.78 is 5.12. The Bertz CT molecular complexity index is 617. The van der Waals surface area contributed by atoms with Gasteiger partial charge in [-0.15, -0.1) is 0 Å². The average Bonchev–Trinajstić information content (AvgIpc) is 2.59. The number of likely N-dealkylation sites (tertiary alicyclic amines) is 1. The normalized spacial score (nSPS) is 15.2. The van der Waals surface area contributed by atoms with Crippen LogP contribution in [0, 0.1) is 11.8 Å². The fourth-order valence-electron chi connectivity index (χ4n) is 2.96. The van der Waals surface area contributed by atoms with E-state index in [1.54, 1.807) is 17.0 Å². The first-order chi connectivity index (χ1) is 11.9. The molecule has 25 heavy (non-hydrogen) atoms. The standard InChI is InChI=1S/C19H26N2O4/c1-13(2)11-14-3-5-16(6-4-14)19(24)25-12-17(22)21-9-7-15(8-10-21)18(20)23/h3-6,13,15H,7-12H2,1-2H3,(H2,20,23). The molecule has 0 aliphatic carbocycles. The molecule has 0 bridgehead atoms. The number of carbonyl (C=O) groups excluding carboxylic acids is 3. The first-order valence-electron chi connectivity index (χ1n) is 8.70. The molecule has 2 N–H and O–H groups in total. The lowest BCUT2D eigenvalue weighted by Crippen LogP contribution is -2.43. The minimum atomic E-state index is -0.503. The third kappa shape index (κ3) is 5.59. The van der Waals surface area contributed by atoms with E-state index in [4.69, 9.17) is 10.5 Å². The second kappa shape index (κ2) is 8.65. The molecule has 136 valence electrons. The first-order valence-corrected chi connectivity index (χ1v) is 8.70. The van der Waals surface area contributed by atoms with Crippen LogP contribution < -0.4 is 5.73 Å². The summed E-state index contributed by atoms with van der Waals surface area (Å²) in [5, 5.41) is 0. The van der Waals surface area contributed by atoms with E-state index in [1.807, 2.05) is 12.1 Å². The van der Waals surface area contributed by atoms with Gasteiger partial charge in [0.15, 0.2) is 6.61 Å². The fraction of sp³-hybridized carbons (Fsp3) is 0.526. The number of rotatable bonds is 6. The van der Waals surface area contributed by atoms with Gasteiger partial charge in [-0.05, 0) is 42.9 Å². The lowest BCUT2D eigenvalue weighted by Gasteiger charge is -2.30. The zero-order chi connectivity index (χ0) is 18.4. The molecule has 0 unspecified atom stereocenters. The molecule has 0 radical (unpaired) electrons. The van der Waals surface area contributed by atoms with Gasteiger partial charge in [0.05, 0.1) is 5.56 Å². The van der Waals surface area contributed by atoms with Crippen molar-refractivity contribution < 1.29 is 19.1 Å². The number of amides is 2. The van der Waals surface area contributed by atoms with Gasteiger partial charge >= 0.3 is 5.97 Å². The van der Waals surface area contributed by atoms with Crippen molar-refractivity contribution >= 4 is 17.8 Å². The van der Waals surface area contributed by atoms with Crippen LogP contribution in [0.1, 0.15) is 42.6 Å². The van der Waals surface area contributed by atoms with E-state index in [-0.39, 0.29) is 24.3 Å². The Morgan fingerprint density at radius 3 is 2.28 bits per heavy atom. The van der Waals surface area contributed by atoms with Crippen LogP contribution in [0.3, 0.4) is 0 Å². The molecule has 1 heterocycles. The van der Waals surface area contributed by atoms with Gasteiger partial charge in [-0.2, -0.15) is 0 Å². The van der Waals surface area contributed by atoms with Crippen molar-refractivity contribution in [1.29, 1.82) is 0 Å². The predicted molar refractivity (Wildman–Crippen MR) is 93.8 cm³/mol. The molecule has 0 atom stereocenters. The van der Waals surface area contributed by atoms with Gasteiger partial charge in [-0.25, -0.2) is 4.79 Å². The van der Waals surface area contributed by atoms with Gasteiger partial charge < -0.3 is 15.4 Å². The summed E-state index contributed by atoms with van der Waals surface area (Å²) in [4.78, 5) is 36.9. The maximum atomic E-state index is 12.1. The van der Waals surface area contributed by atoms with Crippen LogP contribution in [0.25, 0.3) is 0 Å². The quantitative estimate of drug-likeness (QED) is 0.795. The van der Waals surface area contributed by atoms with Crippen molar-refractivity contribution in [1.82, 2.24) is 4.90 Å². The van der Waals surface area contributed by atoms with Crippen molar-refractivity contribution in [2.24, 2.45) is 17.6 Å². The topological polar surface area (TPSA) is 89.7 Å². The van der Waals surface area contributed by atoms with Gasteiger partial charge in [0, 0.05) is 19.0 Å². The van der Waals surface area contributed by atoms with E-state index in [1.165, 1.54) is 5.56 Å². The highest BCUT2D eigenvalue weighted by atomic mass is 16.5. The third-order valence-corrected chi connectivity index (χ3v) is 4.41. The minimum absolute atomic E-state index is 0.170. The molecule has 0 spiro atoms. The number of carbonyl (C=O) groups is 3. The van der Waals surface area contributed by atoms with Crippen LogP contribution in [0.4, 0.5) is 0 Å². The summed E-state index contributed by atoms with van der Waals surface area (Å²) in [6, 6.07) is 7.27. The molecule has 0 aromatic heterocycles. The Balaban J connectivity index is 1.79. The summed E-state index contributed by atoms with van der Waals surface area (Å²) in [6.45, 7) is 4.93. The highest BCUT2D eigenvalue weighted by Crippen LogP contribution is 2.17. The lowest BCUT2D eigenvalue weighted by atomic mass is 9.96. The molecule has 2 amide bonds. The van der Waals surface area contributed by atoms with Crippen LogP contribution in [-0.2, 0) is 20.7 Å². The summed E-state index contributed by atoms with van der Waals surface area (Å²) in [7, 11) is 0. The Labute approximate surface area is 148 Å². The highest BCUT2D eigenvalue weighted by Gasteiger charge is 2.26. The summed E-state index contributed by atoms with van der Waals surface area (Å²) in [5.41, 5.74) is 6.88. The van der Waals surface area contributed by atoms with Gasteiger partial charge in [0.25, 0.3) is 5.91 Å². The van der Waals surface area contributed by atoms with Crippen LogP contribution in [0.2, 0.25) is 0 Å². The van der Waals surface area contributed by atoms with Gasteiger partial charge in [-0.3, -0.25) is 9.59 Å². The predicted octanol–water partition coefficient (Wildman–Crippen LogP) is 1.77.